The second kappa shape index (κ2) is 3.82. The summed E-state index contributed by atoms with van der Waals surface area (Å²) in [5.74, 6) is 0.867. The van der Waals surface area contributed by atoms with Crippen molar-refractivity contribution in [3.8, 4) is 0 Å². The predicted octanol–water partition coefficient (Wildman–Crippen LogP) is 2.29. The summed E-state index contributed by atoms with van der Waals surface area (Å²) in [5, 5.41) is 0. The molecule has 82 valence electrons. The van der Waals surface area contributed by atoms with Crippen molar-refractivity contribution in [1.29, 1.82) is 0 Å². The maximum atomic E-state index is 5.84. The highest BCUT2D eigenvalue weighted by Crippen LogP contribution is 2.41. The summed E-state index contributed by atoms with van der Waals surface area (Å²) in [6.07, 6.45) is 4.44. The third-order valence-corrected chi connectivity index (χ3v) is 3.69. The highest BCUT2D eigenvalue weighted by Gasteiger charge is 2.47. The molecule has 0 aliphatic carbocycles. The van der Waals surface area contributed by atoms with Crippen LogP contribution >= 0.6 is 0 Å². The summed E-state index contributed by atoms with van der Waals surface area (Å²) >= 11 is 0. The van der Waals surface area contributed by atoms with Crippen LogP contribution in [-0.2, 0) is 4.74 Å². The first-order valence-corrected chi connectivity index (χ1v) is 5.99. The SMILES string of the molecule is CC1CN2CCCC2(COC(C)C)C1. The van der Waals surface area contributed by atoms with E-state index in [4.69, 9.17) is 4.74 Å². The molecule has 0 aromatic carbocycles. The van der Waals surface area contributed by atoms with Gasteiger partial charge in [-0.15, -0.1) is 0 Å². The van der Waals surface area contributed by atoms with Crippen molar-refractivity contribution in [2.24, 2.45) is 5.92 Å². The predicted molar refractivity (Wildman–Crippen MR) is 58.4 cm³/mol. The molecule has 14 heavy (non-hydrogen) atoms. The number of hydrogen-bond acceptors (Lipinski definition) is 2. The second-order valence-electron chi connectivity index (χ2n) is 5.44. The molecule has 0 aromatic heterocycles. The quantitative estimate of drug-likeness (QED) is 0.688. The molecule has 0 aromatic rings. The molecule has 2 nitrogen and oxygen atoms in total. The van der Waals surface area contributed by atoms with Gasteiger partial charge in [0, 0.05) is 12.1 Å². The van der Waals surface area contributed by atoms with E-state index in [1.54, 1.807) is 0 Å². The van der Waals surface area contributed by atoms with Crippen LogP contribution in [0.15, 0.2) is 0 Å². The van der Waals surface area contributed by atoms with E-state index < -0.39 is 0 Å². The van der Waals surface area contributed by atoms with Gasteiger partial charge in [0.15, 0.2) is 0 Å². The van der Waals surface area contributed by atoms with Crippen molar-refractivity contribution in [2.45, 2.75) is 51.7 Å². The van der Waals surface area contributed by atoms with Gasteiger partial charge < -0.3 is 4.74 Å². The van der Waals surface area contributed by atoms with Crippen molar-refractivity contribution in [2.75, 3.05) is 19.7 Å². The van der Waals surface area contributed by atoms with Gasteiger partial charge in [-0.2, -0.15) is 0 Å². The summed E-state index contributed by atoms with van der Waals surface area (Å²) in [7, 11) is 0. The van der Waals surface area contributed by atoms with E-state index in [9.17, 15) is 0 Å². The Balaban J connectivity index is 1.98. The molecule has 2 unspecified atom stereocenters. The normalized spacial score (nSPS) is 38.1. The zero-order valence-electron chi connectivity index (χ0n) is 9.75. The van der Waals surface area contributed by atoms with Crippen molar-refractivity contribution in [1.82, 2.24) is 4.90 Å². The van der Waals surface area contributed by atoms with E-state index in [0.717, 1.165) is 12.5 Å². The lowest BCUT2D eigenvalue weighted by Gasteiger charge is -2.32. The lowest BCUT2D eigenvalue weighted by molar-refractivity contribution is 0.00292. The topological polar surface area (TPSA) is 12.5 Å². The molecule has 0 amide bonds. The average Bonchev–Trinajstić information content (AvgIpc) is 2.56. The number of ether oxygens (including phenoxy) is 1. The van der Waals surface area contributed by atoms with Gasteiger partial charge in [-0.3, -0.25) is 4.90 Å². The first-order valence-electron chi connectivity index (χ1n) is 5.99. The van der Waals surface area contributed by atoms with Crippen LogP contribution in [0, 0.1) is 5.92 Å². The van der Waals surface area contributed by atoms with Gasteiger partial charge in [-0.1, -0.05) is 6.92 Å². The molecule has 2 heteroatoms. The fraction of sp³-hybridized carbons (Fsp3) is 1.00. The smallest absolute Gasteiger partial charge is 0.0654 e. The van der Waals surface area contributed by atoms with Gasteiger partial charge >= 0.3 is 0 Å². The Bertz CT molecular complexity index is 204. The summed E-state index contributed by atoms with van der Waals surface area (Å²) in [6.45, 7) is 10.2. The Morgan fingerprint density at radius 1 is 1.50 bits per heavy atom. The van der Waals surface area contributed by atoms with Gasteiger partial charge in [0.1, 0.15) is 0 Å². The molecule has 2 aliphatic heterocycles. The Kier molecular flexibility index (Phi) is 2.85. The van der Waals surface area contributed by atoms with Crippen LogP contribution < -0.4 is 0 Å². The fourth-order valence-electron chi connectivity index (χ4n) is 3.14. The van der Waals surface area contributed by atoms with Crippen molar-refractivity contribution >= 4 is 0 Å². The average molecular weight is 197 g/mol. The molecule has 0 N–H and O–H groups in total. The molecular weight excluding hydrogens is 174 g/mol. The summed E-state index contributed by atoms with van der Waals surface area (Å²) < 4.78 is 5.84. The number of fused-ring (bicyclic) bond motifs is 1. The molecule has 0 bridgehead atoms. The van der Waals surface area contributed by atoms with Gasteiger partial charge in [0.05, 0.1) is 12.7 Å². The maximum absolute atomic E-state index is 5.84. The van der Waals surface area contributed by atoms with Crippen LogP contribution in [0.1, 0.15) is 40.0 Å². The van der Waals surface area contributed by atoms with Gasteiger partial charge in [0.2, 0.25) is 0 Å². The van der Waals surface area contributed by atoms with E-state index in [0.29, 0.717) is 11.6 Å². The van der Waals surface area contributed by atoms with E-state index >= 15 is 0 Å². The third-order valence-electron chi connectivity index (χ3n) is 3.69. The largest absolute Gasteiger partial charge is 0.377 e. The van der Waals surface area contributed by atoms with E-state index in [1.165, 1.54) is 32.4 Å². The molecule has 2 saturated heterocycles. The molecule has 0 saturated carbocycles. The third kappa shape index (κ3) is 1.82. The Morgan fingerprint density at radius 3 is 3.00 bits per heavy atom. The van der Waals surface area contributed by atoms with Crippen molar-refractivity contribution in [3.63, 3.8) is 0 Å². The number of hydrogen-bond donors (Lipinski definition) is 0. The van der Waals surface area contributed by atoms with Crippen LogP contribution in [-0.4, -0.2) is 36.2 Å². The van der Waals surface area contributed by atoms with Crippen molar-refractivity contribution in [3.05, 3.63) is 0 Å². The standard InChI is InChI=1S/C12H23NO/c1-10(2)14-9-12-5-4-6-13(12)8-11(3)7-12/h10-11H,4-9H2,1-3H3. The van der Waals surface area contributed by atoms with Crippen LogP contribution in [0.3, 0.4) is 0 Å². The van der Waals surface area contributed by atoms with E-state index in [-0.39, 0.29) is 0 Å². The van der Waals surface area contributed by atoms with Crippen LogP contribution in [0.5, 0.6) is 0 Å². The van der Waals surface area contributed by atoms with Gasteiger partial charge in [-0.05, 0) is 45.6 Å². The van der Waals surface area contributed by atoms with E-state index in [1.807, 2.05) is 0 Å². The summed E-state index contributed by atoms with van der Waals surface area (Å²) in [5.41, 5.74) is 0.420. The first kappa shape index (κ1) is 10.4. The van der Waals surface area contributed by atoms with Crippen molar-refractivity contribution < 1.29 is 4.74 Å². The van der Waals surface area contributed by atoms with E-state index in [2.05, 4.69) is 25.7 Å². The molecule has 0 radical (unpaired) electrons. The molecule has 2 fully saturated rings. The Labute approximate surface area is 87.6 Å². The number of rotatable bonds is 3. The molecule has 2 aliphatic rings. The minimum absolute atomic E-state index is 0.378. The van der Waals surface area contributed by atoms with Crippen LogP contribution in [0.2, 0.25) is 0 Å². The molecule has 2 atom stereocenters. The zero-order valence-corrected chi connectivity index (χ0v) is 9.75. The lowest BCUT2D eigenvalue weighted by atomic mass is 9.91. The molecule has 2 heterocycles. The molecule has 2 rings (SSSR count). The zero-order chi connectivity index (χ0) is 10.2. The first-order chi connectivity index (χ1) is 6.62. The summed E-state index contributed by atoms with van der Waals surface area (Å²) in [4.78, 5) is 2.67. The summed E-state index contributed by atoms with van der Waals surface area (Å²) in [6, 6.07) is 0. The second-order valence-corrected chi connectivity index (χ2v) is 5.44. The highest BCUT2D eigenvalue weighted by molar-refractivity contribution is 5.02. The molecule has 0 spiro atoms. The van der Waals surface area contributed by atoms with Gasteiger partial charge in [0.25, 0.3) is 0 Å². The highest BCUT2D eigenvalue weighted by atomic mass is 16.5. The minimum atomic E-state index is 0.378. The monoisotopic (exact) mass is 197 g/mol. The van der Waals surface area contributed by atoms with Crippen LogP contribution in [0.4, 0.5) is 0 Å². The van der Waals surface area contributed by atoms with Gasteiger partial charge in [-0.25, -0.2) is 0 Å². The minimum Gasteiger partial charge on any atom is -0.377 e. The number of nitrogens with zero attached hydrogens (tertiary/aromatic N) is 1. The molecular formula is C12H23NO. The maximum Gasteiger partial charge on any atom is 0.0654 e. The Morgan fingerprint density at radius 2 is 2.29 bits per heavy atom. The Hall–Kier alpha value is -0.0800. The van der Waals surface area contributed by atoms with Crippen LogP contribution in [0.25, 0.3) is 0 Å². The lowest BCUT2D eigenvalue weighted by Crippen LogP contribution is -2.43. The fourth-order valence-corrected chi connectivity index (χ4v) is 3.14.